The highest BCUT2D eigenvalue weighted by molar-refractivity contribution is 5.86. The predicted molar refractivity (Wildman–Crippen MR) is 115 cm³/mol. The molecule has 0 spiro atoms. The summed E-state index contributed by atoms with van der Waals surface area (Å²) in [5.74, 6) is -5.39. The number of likely N-dealkylation sites (tertiary alicyclic amines) is 1. The number of rotatable bonds is 14. The van der Waals surface area contributed by atoms with Gasteiger partial charge in [0.1, 0.15) is 0 Å². The number of carboxylic acid groups (broad SMARTS) is 1. The third kappa shape index (κ3) is 8.77. The number of carbonyl (C=O) groups excluding carboxylic acids is 1. The van der Waals surface area contributed by atoms with E-state index in [0.29, 0.717) is 32.1 Å². The van der Waals surface area contributed by atoms with Crippen molar-refractivity contribution in [2.45, 2.75) is 82.3 Å². The molecule has 0 saturated carbocycles. The van der Waals surface area contributed by atoms with E-state index < -0.39 is 36.4 Å². The zero-order valence-corrected chi connectivity index (χ0v) is 17.9. The third-order valence-corrected chi connectivity index (χ3v) is 5.59. The number of benzene rings is 1. The standard InChI is InChI=1S/C24H33F2NO4/c25-24(26)18-20(27(23(24)31)17-9-2-1-6-14-22(29)30)15-16-21(28)13-8-7-12-19-10-4-3-5-11-19/h3-5,10-11,15-16,20-21,28H,1-2,6-9,12-14,17-18H2,(H,29,30)/b16-15+. The van der Waals surface area contributed by atoms with Gasteiger partial charge in [-0.15, -0.1) is 0 Å². The Morgan fingerprint density at radius 3 is 2.55 bits per heavy atom. The summed E-state index contributed by atoms with van der Waals surface area (Å²) in [4.78, 5) is 23.7. The predicted octanol–water partition coefficient (Wildman–Crippen LogP) is 4.59. The molecule has 31 heavy (non-hydrogen) atoms. The highest BCUT2D eigenvalue weighted by atomic mass is 19.3. The number of nitrogens with zero attached hydrogens (tertiary/aromatic N) is 1. The number of carboxylic acids is 1. The summed E-state index contributed by atoms with van der Waals surface area (Å²) in [5, 5.41) is 18.8. The molecule has 1 saturated heterocycles. The van der Waals surface area contributed by atoms with E-state index in [-0.39, 0.29) is 13.0 Å². The monoisotopic (exact) mass is 437 g/mol. The summed E-state index contributed by atoms with van der Waals surface area (Å²) in [6.45, 7) is 0.212. The number of amides is 1. The topological polar surface area (TPSA) is 77.8 Å². The number of aliphatic hydroxyl groups excluding tert-OH is 1. The molecule has 1 amide bonds. The lowest BCUT2D eigenvalue weighted by Crippen LogP contribution is -2.36. The molecular formula is C24H33F2NO4. The minimum absolute atomic E-state index is 0.0926. The van der Waals surface area contributed by atoms with Gasteiger partial charge >= 0.3 is 11.9 Å². The van der Waals surface area contributed by atoms with Crippen LogP contribution in [0.2, 0.25) is 0 Å². The Labute approximate surface area is 182 Å². The van der Waals surface area contributed by atoms with Crippen LogP contribution in [0.15, 0.2) is 42.5 Å². The van der Waals surface area contributed by atoms with Crippen LogP contribution < -0.4 is 0 Å². The van der Waals surface area contributed by atoms with Crippen molar-refractivity contribution >= 4 is 11.9 Å². The summed E-state index contributed by atoms with van der Waals surface area (Å²) in [5.41, 5.74) is 1.25. The Hall–Kier alpha value is -2.28. The van der Waals surface area contributed by atoms with Gasteiger partial charge in [0.2, 0.25) is 0 Å². The fourth-order valence-electron chi connectivity index (χ4n) is 3.85. The first-order chi connectivity index (χ1) is 14.8. The Kier molecular flexibility index (Phi) is 10.1. The van der Waals surface area contributed by atoms with Crippen LogP contribution in [-0.4, -0.2) is 51.6 Å². The summed E-state index contributed by atoms with van der Waals surface area (Å²) in [6, 6.07) is 9.36. The van der Waals surface area contributed by atoms with Crippen LogP contribution in [0.25, 0.3) is 0 Å². The van der Waals surface area contributed by atoms with E-state index in [1.165, 1.54) is 22.6 Å². The summed E-state index contributed by atoms with van der Waals surface area (Å²) < 4.78 is 27.9. The maximum atomic E-state index is 13.9. The molecule has 1 fully saturated rings. The first kappa shape index (κ1) is 25.0. The molecule has 2 atom stereocenters. The number of hydrogen-bond donors (Lipinski definition) is 2. The van der Waals surface area contributed by atoms with E-state index in [0.717, 1.165) is 19.3 Å². The van der Waals surface area contributed by atoms with E-state index in [1.807, 2.05) is 18.2 Å². The lowest BCUT2D eigenvalue weighted by atomic mass is 10.0. The minimum Gasteiger partial charge on any atom is -0.481 e. The van der Waals surface area contributed by atoms with Gasteiger partial charge in [-0.1, -0.05) is 61.7 Å². The van der Waals surface area contributed by atoms with Crippen LogP contribution in [0.1, 0.15) is 63.4 Å². The fraction of sp³-hybridized carbons (Fsp3) is 0.583. The van der Waals surface area contributed by atoms with Gasteiger partial charge in [0.05, 0.1) is 12.1 Å². The van der Waals surface area contributed by atoms with Crippen LogP contribution in [-0.2, 0) is 16.0 Å². The molecule has 1 aliphatic heterocycles. The van der Waals surface area contributed by atoms with Crippen LogP contribution in [0.4, 0.5) is 8.78 Å². The van der Waals surface area contributed by atoms with Crippen LogP contribution in [0, 0.1) is 0 Å². The van der Waals surface area contributed by atoms with Crippen molar-refractivity contribution in [1.29, 1.82) is 0 Å². The summed E-state index contributed by atoms with van der Waals surface area (Å²) >= 11 is 0. The molecule has 172 valence electrons. The zero-order chi connectivity index (χ0) is 22.7. The maximum Gasteiger partial charge on any atom is 0.327 e. The molecule has 0 radical (unpaired) electrons. The minimum atomic E-state index is -3.38. The number of hydrogen-bond acceptors (Lipinski definition) is 3. The number of carbonyl (C=O) groups is 2. The molecule has 0 aliphatic carbocycles. The van der Waals surface area contributed by atoms with Crippen molar-refractivity contribution in [2.75, 3.05) is 6.54 Å². The summed E-state index contributed by atoms with van der Waals surface area (Å²) in [7, 11) is 0. The van der Waals surface area contributed by atoms with Crippen LogP contribution in [0.5, 0.6) is 0 Å². The SMILES string of the molecule is O=C(O)CCCCCCN1C(=O)C(F)(F)CC1/C=C/C(O)CCCCc1ccccc1. The number of unbranched alkanes of at least 4 members (excludes halogenated alkanes) is 4. The van der Waals surface area contributed by atoms with E-state index in [4.69, 9.17) is 5.11 Å². The van der Waals surface area contributed by atoms with Gasteiger partial charge in [0.25, 0.3) is 5.91 Å². The Morgan fingerprint density at radius 1 is 1.13 bits per heavy atom. The second-order valence-electron chi connectivity index (χ2n) is 8.22. The van der Waals surface area contributed by atoms with Gasteiger partial charge in [-0.05, 0) is 37.7 Å². The van der Waals surface area contributed by atoms with Crippen molar-refractivity contribution in [1.82, 2.24) is 4.90 Å². The first-order valence-electron chi connectivity index (χ1n) is 11.1. The Balaban J connectivity index is 1.74. The lowest BCUT2D eigenvalue weighted by molar-refractivity contribution is -0.148. The Bertz CT molecular complexity index is 724. The van der Waals surface area contributed by atoms with Gasteiger partial charge in [-0.2, -0.15) is 8.78 Å². The van der Waals surface area contributed by atoms with Crippen LogP contribution in [0.3, 0.4) is 0 Å². The third-order valence-electron chi connectivity index (χ3n) is 5.59. The highest BCUT2D eigenvalue weighted by Gasteiger charge is 2.52. The second-order valence-corrected chi connectivity index (χ2v) is 8.22. The zero-order valence-electron chi connectivity index (χ0n) is 17.9. The average molecular weight is 438 g/mol. The molecule has 7 heteroatoms. The summed E-state index contributed by atoms with van der Waals surface area (Å²) in [6.07, 6.45) is 7.55. The molecule has 0 bridgehead atoms. The lowest BCUT2D eigenvalue weighted by Gasteiger charge is -2.22. The van der Waals surface area contributed by atoms with Crippen LogP contribution >= 0.6 is 0 Å². The molecular weight excluding hydrogens is 404 g/mol. The maximum absolute atomic E-state index is 13.9. The van der Waals surface area contributed by atoms with E-state index >= 15 is 0 Å². The fourth-order valence-corrected chi connectivity index (χ4v) is 3.85. The van der Waals surface area contributed by atoms with Gasteiger partial charge < -0.3 is 15.1 Å². The van der Waals surface area contributed by atoms with E-state index in [9.17, 15) is 23.5 Å². The number of halogens is 2. The number of aliphatic hydroxyl groups is 1. The molecule has 2 N–H and O–H groups in total. The van der Waals surface area contributed by atoms with Crippen molar-refractivity contribution < 1.29 is 28.6 Å². The molecule has 0 aromatic heterocycles. The highest BCUT2D eigenvalue weighted by Crippen LogP contribution is 2.34. The molecule has 5 nitrogen and oxygen atoms in total. The molecule has 2 unspecified atom stereocenters. The molecule has 1 heterocycles. The molecule has 1 aromatic rings. The average Bonchev–Trinajstić information content (AvgIpc) is 2.95. The van der Waals surface area contributed by atoms with Crippen molar-refractivity contribution in [3.05, 3.63) is 48.0 Å². The van der Waals surface area contributed by atoms with Gasteiger partial charge in [0.15, 0.2) is 0 Å². The van der Waals surface area contributed by atoms with Gasteiger partial charge in [-0.25, -0.2) is 0 Å². The Morgan fingerprint density at radius 2 is 1.84 bits per heavy atom. The number of aryl methyl sites for hydroxylation is 1. The normalized spacial score (nSPS) is 19.3. The van der Waals surface area contributed by atoms with E-state index in [1.54, 1.807) is 0 Å². The van der Waals surface area contributed by atoms with Crippen molar-refractivity contribution in [3.63, 3.8) is 0 Å². The van der Waals surface area contributed by atoms with Crippen molar-refractivity contribution in [2.24, 2.45) is 0 Å². The molecule has 1 aliphatic rings. The molecule has 2 rings (SSSR count). The van der Waals surface area contributed by atoms with E-state index in [2.05, 4.69) is 12.1 Å². The smallest absolute Gasteiger partial charge is 0.327 e. The van der Waals surface area contributed by atoms with Crippen molar-refractivity contribution in [3.8, 4) is 0 Å². The van der Waals surface area contributed by atoms with Gasteiger partial charge in [-0.3, -0.25) is 9.59 Å². The van der Waals surface area contributed by atoms with Gasteiger partial charge in [0, 0.05) is 19.4 Å². The first-order valence-corrected chi connectivity index (χ1v) is 11.1. The number of aliphatic carboxylic acids is 1. The molecule has 1 aromatic carbocycles. The number of alkyl halides is 2. The quantitative estimate of drug-likeness (QED) is 0.330. The second kappa shape index (κ2) is 12.5. The largest absolute Gasteiger partial charge is 0.481 e.